The van der Waals surface area contributed by atoms with E-state index in [4.69, 9.17) is 4.42 Å². The van der Waals surface area contributed by atoms with Crippen molar-refractivity contribution in [1.29, 1.82) is 0 Å². The summed E-state index contributed by atoms with van der Waals surface area (Å²) in [4.78, 5) is 29.8. The fourth-order valence-electron chi connectivity index (χ4n) is 1.70. The smallest absolute Gasteiger partial charge is 0.401 e. The molecule has 1 aromatic carbocycles. The Morgan fingerprint density at radius 2 is 1.76 bits per heavy atom. The first-order chi connectivity index (χ1) is 11.9. The molecular weight excluding hydrogens is 338 g/mol. The minimum atomic E-state index is -0.775. The first kappa shape index (κ1) is 17.3. The molecule has 12 nitrogen and oxygen atoms in total. The molecule has 0 amide bonds. The van der Waals surface area contributed by atoms with Crippen molar-refractivity contribution in [2.45, 2.75) is 0 Å². The number of nitro benzene ring substituents is 2. The van der Waals surface area contributed by atoms with Crippen LogP contribution in [0.3, 0.4) is 0 Å². The van der Waals surface area contributed by atoms with Gasteiger partial charge < -0.3 is 4.42 Å². The topological polar surface area (TPSA) is 167 Å². The summed E-state index contributed by atoms with van der Waals surface area (Å²) in [6, 6.07) is 5.65. The fourth-order valence-corrected chi connectivity index (χ4v) is 1.70. The molecule has 2 aromatic rings. The Kier molecular flexibility index (Phi) is 5.15. The van der Waals surface area contributed by atoms with Crippen LogP contribution in [-0.2, 0) is 0 Å². The van der Waals surface area contributed by atoms with E-state index in [2.05, 4.69) is 10.5 Å². The summed E-state index contributed by atoms with van der Waals surface area (Å²) >= 11 is 0. The van der Waals surface area contributed by atoms with Gasteiger partial charge >= 0.3 is 11.6 Å². The highest BCUT2D eigenvalue weighted by atomic mass is 16.7. The quantitative estimate of drug-likeness (QED) is 0.452. The van der Waals surface area contributed by atoms with Gasteiger partial charge in [0, 0.05) is 12.3 Å². The predicted octanol–water partition coefficient (Wildman–Crippen LogP) is 3.12. The molecule has 1 aromatic heterocycles. The number of nitro groups is 3. The van der Waals surface area contributed by atoms with Crippen LogP contribution in [0.5, 0.6) is 0 Å². The Bertz CT molecular complexity index is 887. The largest absolute Gasteiger partial charge is 0.433 e. The van der Waals surface area contributed by atoms with Gasteiger partial charge in [-0.1, -0.05) is 0 Å². The number of anilines is 1. The zero-order valence-corrected chi connectivity index (χ0v) is 12.3. The minimum Gasteiger partial charge on any atom is -0.401 e. The zero-order valence-electron chi connectivity index (χ0n) is 12.3. The molecule has 0 saturated heterocycles. The molecule has 0 atom stereocenters. The molecule has 2 rings (SSSR count). The van der Waals surface area contributed by atoms with Crippen LogP contribution >= 0.6 is 0 Å². The third-order valence-corrected chi connectivity index (χ3v) is 2.79. The van der Waals surface area contributed by atoms with E-state index in [9.17, 15) is 30.3 Å². The van der Waals surface area contributed by atoms with Gasteiger partial charge in [-0.15, -0.1) is 0 Å². The highest BCUT2D eigenvalue weighted by molar-refractivity contribution is 5.78. The summed E-state index contributed by atoms with van der Waals surface area (Å²) in [5.74, 6) is -0.185. The second kappa shape index (κ2) is 7.45. The Balaban J connectivity index is 2.05. The third-order valence-electron chi connectivity index (χ3n) is 2.79. The number of rotatable bonds is 7. The Morgan fingerprint density at radius 1 is 1.00 bits per heavy atom. The summed E-state index contributed by atoms with van der Waals surface area (Å²) in [5, 5.41) is 35.7. The molecule has 0 aliphatic rings. The first-order valence-electron chi connectivity index (χ1n) is 6.51. The number of hydrogen-bond donors (Lipinski definition) is 1. The molecule has 0 saturated carbocycles. The number of nitrogens with zero attached hydrogens (tertiary/aromatic N) is 4. The van der Waals surface area contributed by atoms with E-state index in [0.717, 1.165) is 18.2 Å². The van der Waals surface area contributed by atoms with Crippen LogP contribution in [0.1, 0.15) is 5.76 Å². The van der Waals surface area contributed by atoms with Gasteiger partial charge in [-0.05, 0) is 24.3 Å². The van der Waals surface area contributed by atoms with Crippen molar-refractivity contribution < 1.29 is 19.2 Å². The van der Waals surface area contributed by atoms with Crippen molar-refractivity contribution in [2.24, 2.45) is 5.10 Å². The Morgan fingerprint density at radius 3 is 2.36 bits per heavy atom. The molecule has 1 N–H and O–H groups in total. The van der Waals surface area contributed by atoms with Gasteiger partial charge in [-0.2, -0.15) is 5.10 Å². The van der Waals surface area contributed by atoms with Gasteiger partial charge in [0.2, 0.25) is 0 Å². The lowest BCUT2D eigenvalue weighted by atomic mass is 10.2. The van der Waals surface area contributed by atoms with Gasteiger partial charge in [-0.25, -0.2) is 0 Å². The lowest BCUT2D eigenvalue weighted by molar-refractivity contribution is -0.402. The molecular formula is C13H9N5O7. The summed E-state index contributed by atoms with van der Waals surface area (Å²) in [5.41, 5.74) is 1.43. The highest BCUT2D eigenvalue weighted by Crippen LogP contribution is 2.28. The summed E-state index contributed by atoms with van der Waals surface area (Å²) in [7, 11) is 0. The summed E-state index contributed by atoms with van der Waals surface area (Å²) < 4.78 is 4.87. The molecule has 0 fully saturated rings. The van der Waals surface area contributed by atoms with Crippen LogP contribution in [0.15, 0.2) is 45.9 Å². The van der Waals surface area contributed by atoms with Crippen molar-refractivity contribution in [1.82, 2.24) is 0 Å². The van der Waals surface area contributed by atoms with Crippen molar-refractivity contribution in [2.75, 3.05) is 5.43 Å². The van der Waals surface area contributed by atoms with E-state index >= 15 is 0 Å². The zero-order chi connectivity index (χ0) is 18.4. The van der Waals surface area contributed by atoms with Crippen LogP contribution in [0.2, 0.25) is 0 Å². The second-order valence-corrected chi connectivity index (χ2v) is 4.40. The summed E-state index contributed by atoms with van der Waals surface area (Å²) in [6.07, 6.45) is 3.99. The molecule has 0 aliphatic heterocycles. The maximum absolute atomic E-state index is 10.9. The van der Waals surface area contributed by atoms with Crippen molar-refractivity contribution in [3.63, 3.8) is 0 Å². The third kappa shape index (κ3) is 4.44. The number of hydrazone groups is 1. The SMILES string of the molecule is O=[N+]([O-])c1ccc(N/N=C/C=C/c2ccc([N+](=O)[O-])o2)c([N+](=O)[O-])c1. The van der Waals surface area contributed by atoms with E-state index < -0.39 is 32.0 Å². The average molecular weight is 347 g/mol. The van der Waals surface area contributed by atoms with Crippen LogP contribution < -0.4 is 5.43 Å². The molecule has 12 heteroatoms. The Hall–Kier alpha value is -4.09. The second-order valence-electron chi connectivity index (χ2n) is 4.40. The van der Waals surface area contributed by atoms with Gasteiger partial charge in [0.15, 0.2) is 0 Å². The van der Waals surface area contributed by atoms with E-state index in [-0.39, 0.29) is 11.4 Å². The van der Waals surface area contributed by atoms with Gasteiger partial charge in [-0.3, -0.25) is 35.8 Å². The standard InChI is InChI=1S/C13H9N5O7/c19-16(20)9-3-5-11(12(8-9)17(21)22)15-14-7-1-2-10-4-6-13(25-10)18(23)24/h1-8,15H/b2-1+,14-7+. The van der Waals surface area contributed by atoms with Crippen LogP contribution in [0.25, 0.3) is 6.08 Å². The molecule has 0 bridgehead atoms. The average Bonchev–Trinajstić information content (AvgIpc) is 3.03. The van der Waals surface area contributed by atoms with Gasteiger partial charge in [0.05, 0.1) is 22.0 Å². The molecule has 0 aliphatic carbocycles. The van der Waals surface area contributed by atoms with Gasteiger partial charge in [0.25, 0.3) is 5.69 Å². The number of allylic oxidation sites excluding steroid dienone is 1. The molecule has 0 unspecified atom stereocenters. The molecule has 25 heavy (non-hydrogen) atoms. The lowest BCUT2D eigenvalue weighted by Crippen LogP contribution is -1.98. The monoisotopic (exact) mass is 347 g/mol. The van der Waals surface area contributed by atoms with E-state index in [1.165, 1.54) is 30.5 Å². The van der Waals surface area contributed by atoms with Crippen LogP contribution in [-0.4, -0.2) is 21.0 Å². The minimum absolute atomic E-state index is 0.0334. The van der Waals surface area contributed by atoms with Crippen molar-refractivity contribution >= 4 is 35.2 Å². The van der Waals surface area contributed by atoms with Crippen LogP contribution in [0.4, 0.5) is 22.9 Å². The van der Waals surface area contributed by atoms with E-state index in [1.54, 1.807) is 0 Å². The number of benzene rings is 1. The van der Waals surface area contributed by atoms with Crippen molar-refractivity contribution in [3.8, 4) is 0 Å². The number of nitrogens with one attached hydrogen (secondary N) is 1. The molecule has 1 heterocycles. The summed E-state index contributed by atoms with van der Waals surface area (Å²) in [6.45, 7) is 0. The maximum atomic E-state index is 10.9. The number of non-ortho nitro benzene ring substituents is 1. The first-order valence-corrected chi connectivity index (χ1v) is 6.51. The van der Waals surface area contributed by atoms with E-state index in [0.29, 0.717) is 0 Å². The Labute approximate surface area is 138 Å². The fraction of sp³-hybridized carbons (Fsp3) is 0. The van der Waals surface area contributed by atoms with Crippen molar-refractivity contribution in [3.05, 3.63) is 72.5 Å². The molecule has 128 valence electrons. The lowest BCUT2D eigenvalue weighted by Gasteiger charge is -2.01. The molecule has 0 spiro atoms. The normalized spacial score (nSPS) is 11.0. The molecule has 0 radical (unpaired) electrons. The van der Waals surface area contributed by atoms with E-state index in [1.807, 2.05) is 0 Å². The maximum Gasteiger partial charge on any atom is 0.433 e. The number of hydrogen-bond acceptors (Lipinski definition) is 9. The predicted molar refractivity (Wildman–Crippen MR) is 86.3 cm³/mol. The number of furan rings is 1. The van der Waals surface area contributed by atoms with Crippen LogP contribution in [0, 0.1) is 30.3 Å². The van der Waals surface area contributed by atoms with Gasteiger partial charge in [0.1, 0.15) is 16.4 Å². The highest BCUT2D eigenvalue weighted by Gasteiger charge is 2.18.